The van der Waals surface area contributed by atoms with Crippen LogP contribution in [0, 0.1) is 17.0 Å². The molecule has 2 N–H and O–H groups in total. The van der Waals surface area contributed by atoms with Crippen LogP contribution < -0.4 is 10.6 Å². The van der Waals surface area contributed by atoms with Gasteiger partial charge in [-0.05, 0) is 37.6 Å². The van der Waals surface area contributed by atoms with Crippen molar-refractivity contribution in [3.8, 4) is 0 Å². The molecule has 0 saturated heterocycles. The number of aryl methyl sites for hydroxylation is 1. The molecule has 0 aliphatic heterocycles. The van der Waals surface area contributed by atoms with Gasteiger partial charge in [-0.3, -0.25) is 10.1 Å². The molecule has 21 heavy (non-hydrogen) atoms. The molecule has 0 unspecified atom stereocenters. The zero-order valence-electron chi connectivity index (χ0n) is 11.7. The average Bonchev–Trinajstić information content (AvgIpc) is 2.37. The number of pyridine rings is 1. The van der Waals surface area contributed by atoms with Gasteiger partial charge in [-0.1, -0.05) is 15.9 Å². The van der Waals surface area contributed by atoms with Crippen LogP contribution in [0.1, 0.15) is 12.5 Å². The van der Waals surface area contributed by atoms with Gasteiger partial charge in [0, 0.05) is 16.7 Å². The first kappa shape index (κ1) is 15.2. The number of benzene rings is 1. The summed E-state index contributed by atoms with van der Waals surface area (Å²) in [7, 11) is 0. The molecule has 1 aromatic carbocycles. The van der Waals surface area contributed by atoms with Crippen LogP contribution in [0.4, 0.5) is 23.0 Å². The number of nitrogens with one attached hydrogen (secondary N) is 2. The van der Waals surface area contributed by atoms with Gasteiger partial charge in [0.25, 0.3) is 5.69 Å². The lowest BCUT2D eigenvalue weighted by Crippen LogP contribution is -2.03. The van der Waals surface area contributed by atoms with E-state index in [-0.39, 0.29) is 5.69 Å². The largest absolute Gasteiger partial charge is 0.370 e. The Morgan fingerprint density at radius 2 is 1.95 bits per heavy atom. The molecular formula is C14H15BrN4O2. The van der Waals surface area contributed by atoms with E-state index in [0.717, 1.165) is 15.7 Å². The summed E-state index contributed by atoms with van der Waals surface area (Å²) in [5.74, 6) is 0.901. The van der Waals surface area contributed by atoms with Gasteiger partial charge in [-0.2, -0.15) is 0 Å². The number of nitrogens with zero attached hydrogens (tertiary/aromatic N) is 2. The van der Waals surface area contributed by atoms with Crippen LogP contribution in [0.5, 0.6) is 0 Å². The molecule has 0 aliphatic rings. The van der Waals surface area contributed by atoms with Crippen LogP contribution in [0.25, 0.3) is 0 Å². The fourth-order valence-electron chi connectivity index (χ4n) is 1.91. The molecule has 0 amide bonds. The van der Waals surface area contributed by atoms with Crippen molar-refractivity contribution in [2.24, 2.45) is 0 Å². The monoisotopic (exact) mass is 350 g/mol. The van der Waals surface area contributed by atoms with Gasteiger partial charge in [0.1, 0.15) is 11.6 Å². The van der Waals surface area contributed by atoms with Gasteiger partial charge < -0.3 is 10.6 Å². The highest BCUT2D eigenvalue weighted by Gasteiger charge is 2.11. The van der Waals surface area contributed by atoms with Crippen LogP contribution in [0.3, 0.4) is 0 Å². The van der Waals surface area contributed by atoms with Gasteiger partial charge in [0.05, 0.1) is 17.1 Å². The number of anilines is 3. The predicted molar refractivity (Wildman–Crippen MR) is 87.2 cm³/mol. The second kappa shape index (κ2) is 6.53. The molecule has 0 radical (unpaired) electrons. The Labute approximate surface area is 130 Å². The lowest BCUT2D eigenvalue weighted by molar-refractivity contribution is -0.384. The Hall–Kier alpha value is -2.15. The van der Waals surface area contributed by atoms with Gasteiger partial charge in [0.2, 0.25) is 0 Å². The summed E-state index contributed by atoms with van der Waals surface area (Å²) in [5, 5.41) is 17.1. The van der Waals surface area contributed by atoms with Crippen molar-refractivity contribution in [1.29, 1.82) is 0 Å². The molecule has 1 aromatic heterocycles. The number of rotatable bonds is 5. The van der Waals surface area contributed by atoms with Gasteiger partial charge in [-0.25, -0.2) is 4.98 Å². The summed E-state index contributed by atoms with van der Waals surface area (Å²) < 4.78 is 0.933. The number of aromatic nitrogens is 1. The van der Waals surface area contributed by atoms with E-state index in [4.69, 9.17) is 0 Å². The third-order valence-electron chi connectivity index (χ3n) is 2.69. The van der Waals surface area contributed by atoms with Gasteiger partial charge >= 0.3 is 0 Å². The minimum Gasteiger partial charge on any atom is -0.370 e. The van der Waals surface area contributed by atoms with Crippen LogP contribution in [-0.4, -0.2) is 16.5 Å². The second-order valence-corrected chi connectivity index (χ2v) is 5.44. The molecule has 2 aromatic rings. The lowest BCUT2D eigenvalue weighted by atomic mass is 10.2. The molecular weight excluding hydrogens is 336 g/mol. The molecule has 7 heteroatoms. The minimum absolute atomic E-state index is 0.00447. The molecule has 0 aliphatic carbocycles. The Balaban J connectivity index is 2.35. The zero-order valence-corrected chi connectivity index (χ0v) is 13.3. The third kappa shape index (κ3) is 4.16. The van der Waals surface area contributed by atoms with E-state index in [1.165, 1.54) is 12.1 Å². The van der Waals surface area contributed by atoms with Crippen LogP contribution in [-0.2, 0) is 0 Å². The summed E-state index contributed by atoms with van der Waals surface area (Å²) in [6.07, 6.45) is 0. The van der Waals surface area contributed by atoms with Crippen LogP contribution >= 0.6 is 15.9 Å². The summed E-state index contributed by atoms with van der Waals surface area (Å²) in [4.78, 5) is 14.9. The maximum Gasteiger partial charge on any atom is 0.276 e. The average molecular weight is 351 g/mol. The predicted octanol–water partition coefficient (Wildman–Crippen LogP) is 4.24. The number of nitro groups is 1. The zero-order chi connectivity index (χ0) is 15.4. The second-order valence-electron chi connectivity index (χ2n) is 4.53. The summed E-state index contributed by atoms with van der Waals surface area (Å²) in [6.45, 7) is 4.52. The highest BCUT2D eigenvalue weighted by molar-refractivity contribution is 9.10. The van der Waals surface area contributed by atoms with Crippen molar-refractivity contribution in [2.45, 2.75) is 13.8 Å². The molecule has 1 heterocycles. The highest BCUT2D eigenvalue weighted by Crippen LogP contribution is 2.25. The summed E-state index contributed by atoms with van der Waals surface area (Å²) in [6, 6.07) is 8.65. The van der Waals surface area contributed by atoms with Crippen LogP contribution in [0.2, 0.25) is 0 Å². The van der Waals surface area contributed by atoms with Crippen LogP contribution in [0.15, 0.2) is 34.8 Å². The number of hydrogen-bond acceptors (Lipinski definition) is 5. The van der Waals surface area contributed by atoms with E-state index in [2.05, 4.69) is 31.5 Å². The first-order valence-corrected chi connectivity index (χ1v) is 7.22. The Morgan fingerprint density at radius 3 is 2.57 bits per heavy atom. The smallest absolute Gasteiger partial charge is 0.276 e. The molecule has 0 saturated carbocycles. The Morgan fingerprint density at radius 1 is 1.24 bits per heavy atom. The van der Waals surface area contributed by atoms with Crippen molar-refractivity contribution in [2.75, 3.05) is 17.2 Å². The molecule has 0 atom stereocenters. The minimum atomic E-state index is -0.431. The van der Waals surface area contributed by atoms with Crippen molar-refractivity contribution in [1.82, 2.24) is 4.98 Å². The Kier molecular flexibility index (Phi) is 4.74. The van der Waals surface area contributed by atoms with Crippen molar-refractivity contribution < 1.29 is 4.92 Å². The molecule has 110 valence electrons. The Bertz CT molecular complexity index is 656. The first-order chi connectivity index (χ1) is 9.97. The molecule has 2 rings (SSSR count). The SMILES string of the molecule is CCNc1cc([N+](=O)[O-])cc(Nc2cc(C)cc(Br)c2)n1. The quantitative estimate of drug-likeness (QED) is 0.622. The molecule has 0 spiro atoms. The number of hydrogen-bond donors (Lipinski definition) is 2. The summed E-state index contributed by atoms with van der Waals surface area (Å²) >= 11 is 3.42. The standard InChI is InChI=1S/C14H15BrN4O2/c1-3-16-13-7-12(19(20)21)8-14(18-13)17-11-5-9(2)4-10(15)6-11/h4-8H,3H2,1-2H3,(H2,16,17,18). The fraction of sp³-hybridized carbons (Fsp3) is 0.214. The van der Waals surface area contributed by atoms with E-state index in [1.54, 1.807) is 0 Å². The highest BCUT2D eigenvalue weighted by atomic mass is 79.9. The fourth-order valence-corrected chi connectivity index (χ4v) is 2.52. The van der Waals surface area contributed by atoms with E-state index in [1.807, 2.05) is 32.0 Å². The van der Waals surface area contributed by atoms with Crippen molar-refractivity contribution in [3.63, 3.8) is 0 Å². The summed E-state index contributed by atoms with van der Waals surface area (Å²) in [5.41, 5.74) is 1.89. The van der Waals surface area contributed by atoms with E-state index in [0.29, 0.717) is 18.2 Å². The van der Waals surface area contributed by atoms with E-state index in [9.17, 15) is 10.1 Å². The van der Waals surface area contributed by atoms with E-state index < -0.39 is 4.92 Å². The molecule has 0 fully saturated rings. The lowest BCUT2D eigenvalue weighted by Gasteiger charge is -2.09. The first-order valence-electron chi connectivity index (χ1n) is 6.42. The molecule has 6 nitrogen and oxygen atoms in total. The van der Waals surface area contributed by atoms with E-state index >= 15 is 0 Å². The maximum atomic E-state index is 11.0. The normalized spacial score (nSPS) is 10.2. The maximum absolute atomic E-state index is 11.0. The number of halogens is 1. The van der Waals surface area contributed by atoms with Crippen molar-refractivity contribution in [3.05, 3.63) is 50.5 Å². The van der Waals surface area contributed by atoms with Gasteiger partial charge in [-0.15, -0.1) is 0 Å². The van der Waals surface area contributed by atoms with Gasteiger partial charge in [0.15, 0.2) is 0 Å². The van der Waals surface area contributed by atoms with Crippen molar-refractivity contribution >= 4 is 38.9 Å². The topological polar surface area (TPSA) is 80.1 Å². The third-order valence-corrected chi connectivity index (χ3v) is 3.15. The molecule has 0 bridgehead atoms.